The van der Waals surface area contributed by atoms with Crippen LogP contribution in [0.2, 0.25) is 0 Å². The Morgan fingerprint density at radius 3 is 2.33 bits per heavy atom. The Balaban J connectivity index is 1.58. The summed E-state index contributed by atoms with van der Waals surface area (Å²) in [6.45, 7) is 4.13. The van der Waals surface area contributed by atoms with Crippen LogP contribution in [0.3, 0.4) is 0 Å². The third-order valence-corrected chi connectivity index (χ3v) is 5.15. The molecule has 2 fully saturated rings. The second-order valence-electron chi connectivity index (χ2n) is 6.94. The fraction of sp³-hybridized carbons (Fsp3) is 0.526. The largest absolute Gasteiger partial charge is 0.326 e. The quantitative estimate of drug-likeness (QED) is 0.864. The van der Waals surface area contributed by atoms with Crippen molar-refractivity contribution in [2.75, 3.05) is 11.9 Å². The molecule has 2 unspecified atom stereocenters. The Hall–Kier alpha value is -2.17. The van der Waals surface area contributed by atoms with Crippen molar-refractivity contribution in [2.24, 2.45) is 11.8 Å². The SMILES string of the molecule is Cc1ccc(NC(=O)CCN2C(=O)C3CCCCC3C2=O)c(C)c1. The van der Waals surface area contributed by atoms with E-state index in [0.29, 0.717) is 0 Å². The van der Waals surface area contributed by atoms with Gasteiger partial charge in [-0.2, -0.15) is 0 Å². The van der Waals surface area contributed by atoms with Gasteiger partial charge in [-0.15, -0.1) is 0 Å². The number of hydrogen-bond acceptors (Lipinski definition) is 3. The van der Waals surface area contributed by atoms with Crippen LogP contribution in [0.25, 0.3) is 0 Å². The van der Waals surface area contributed by atoms with Gasteiger partial charge < -0.3 is 5.32 Å². The van der Waals surface area contributed by atoms with E-state index in [-0.39, 0.29) is 42.5 Å². The molecule has 1 aromatic rings. The first-order chi connectivity index (χ1) is 11.5. The van der Waals surface area contributed by atoms with Crippen LogP contribution in [-0.2, 0) is 14.4 Å². The minimum Gasteiger partial charge on any atom is -0.326 e. The number of benzene rings is 1. The zero-order chi connectivity index (χ0) is 17.3. The van der Waals surface area contributed by atoms with E-state index in [2.05, 4.69) is 5.32 Å². The molecule has 1 aliphatic heterocycles. The highest BCUT2D eigenvalue weighted by atomic mass is 16.2. The second-order valence-corrected chi connectivity index (χ2v) is 6.94. The molecule has 2 atom stereocenters. The van der Waals surface area contributed by atoms with Crippen molar-refractivity contribution < 1.29 is 14.4 Å². The molecule has 1 N–H and O–H groups in total. The van der Waals surface area contributed by atoms with Crippen molar-refractivity contribution in [3.05, 3.63) is 29.3 Å². The molecule has 0 bridgehead atoms. The molecule has 1 heterocycles. The van der Waals surface area contributed by atoms with Gasteiger partial charge in [-0.3, -0.25) is 19.3 Å². The van der Waals surface area contributed by atoms with Crippen LogP contribution in [0.4, 0.5) is 5.69 Å². The number of amides is 3. The Kier molecular flexibility index (Phi) is 4.69. The predicted molar refractivity (Wildman–Crippen MR) is 91.3 cm³/mol. The van der Waals surface area contributed by atoms with Gasteiger partial charge in [0, 0.05) is 18.7 Å². The van der Waals surface area contributed by atoms with E-state index in [9.17, 15) is 14.4 Å². The van der Waals surface area contributed by atoms with E-state index in [0.717, 1.165) is 42.5 Å². The van der Waals surface area contributed by atoms with Gasteiger partial charge in [-0.1, -0.05) is 30.5 Å². The molecule has 5 heteroatoms. The van der Waals surface area contributed by atoms with E-state index in [1.165, 1.54) is 4.90 Å². The zero-order valence-electron chi connectivity index (χ0n) is 14.3. The summed E-state index contributed by atoms with van der Waals surface area (Å²) in [5, 5.41) is 2.87. The number of carbonyl (C=O) groups excluding carboxylic acids is 3. The minimum absolute atomic E-state index is 0.0796. The van der Waals surface area contributed by atoms with Crippen molar-refractivity contribution in [3.8, 4) is 0 Å². The third kappa shape index (κ3) is 3.21. The van der Waals surface area contributed by atoms with E-state index in [1.54, 1.807) is 0 Å². The van der Waals surface area contributed by atoms with Gasteiger partial charge in [0.15, 0.2) is 0 Å². The number of nitrogens with zero attached hydrogens (tertiary/aromatic N) is 1. The molecular weight excluding hydrogens is 304 g/mol. The van der Waals surface area contributed by atoms with Gasteiger partial charge in [0.1, 0.15) is 0 Å². The first-order valence-corrected chi connectivity index (χ1v) is 8.69. The molecule has 128 valence electrons. The van der Waals surface area contributed by atoms with Crippen LogP contribution >= 0.6 is 0 Å². The third-order valence-electron chi connectivity index (χ3n) is 5.15. The minimum atomic E-state index is -0.169. The summed E-state index contributed by atoms with van der Waals surface area (Å²) in [5.74, 6) is -0.618. The molecule has 0 radical (unpaired) electrons. The first-order valence-electron chi connectivity index (χ1n) is 8.69. The maximum Gasteiger partial charge on any atom is 0.233 e. The second kappa shape index (κ2) is 6.75. The number of aryl methyl sites for hydroxylation is 2. The maximum atomic E-state index is 12.4. The lowest BCUT2D eigenvalue weighted by atomic mass is 9.81. The molecular formula is C19H24N2O3. The van der Waals surface area contributed by atoms with Gasteiger partial charge in [-0.05, 0) is 38.3 Å². The van der Waals surface area contributed by atoms with Gasteiger partial charge in [0.2, 0.25) is 17.7 Å². The smallest absolute Gasteiger partial charge is 0.233 e. The molecule has 1 saturated carbocycles. The predicted octanol–water partition coefficient (Wildman–Crippen LogP) is 2.81. The molecule has 2 aliphatic rings. The number of hydrogen-bond donors (Lipinski definition) is 1. The summed E-state index contributed by atoms with van der Waals surface area (Å²) in [6.07, 6.45) is 3.79. The lowest BCUT2D eigenvalue weighted by Gasteiger charge is -2.19. The van der Waals surface area contributed by atoms with Crippen molar-refractivity contribution in [3.63, 3.8) is 0 Å². The first kappa shape index (κ1) is 16.7. The summed E-state index contributed by atoms with van der Waals surface area (Å²) in [6, 6.07) is 5.83. The Morgan fingerprint density at radius 1 is 1.12 bits per heavy atom. The van der Waals surface area contributed by atoms with Gasteiger partial charge in [-0.25, -0.2) is 0 Å². The van der Waals surface area contributed by atoms with Crippen molar-refractivity contribution in [1.29, 1.82) is 0 Å². The highest BCUT2D eigenvalue weighted by Gasteiger charge is 2.47. The summed E-state index contributed by atoms with van der Waals surface area (Å²) in [7, 11) is 0. The summed E-state index contributed by atoms with van der Waals surface area (Å²) in [5.41, 5.74) is 2.92. The normalized spacial score (nSPS) is 23.3. The van der Waals surface area contributed by atoms with Crippen LogP contribution in [0.15, 0.2) is 18.2 Å². The van der Waals surface area contributed by atoms with Crippen LogP contribution in [0.5, 0.6) is 0 Å². The van der Waals surface area contributed by atoms with Crippen molar-refractivity contribution in [1.82, 2.24) is 4.90 Å². The molecule has 5 nitrogen and oxygen atoms in total. The fourth-order valence-electron chi connectivity index (χ4n) is 3.83. The Morgan fingerprint density at radius 2 is 1.75 bits per heavy atom. The topological polar surface area (TPSA) is 66.5 Å². The van der Waals surface area contributed by atoms with E-state index < -0.39 is 0 Å². The molecule has 3 amide bonds. The van der Waals surface area contributed by atoms with Crippen molar-refractivity contribution >= 4 is 23.4 Å². The number of rotatable bonds is 4. The average molecular weight is 328 g/mol. The number of fused-ring (bicyclic) bond motifs is 1. The lowest BCUT2D eigenvalue weighted by molar-refractivity contribution is -0.140. The number of anilines is 1. The van der Waals surface area contributed by atoms with Gasteiger partial charge in [0.05, 0.1) is 11.8 Å². The molecule has 1 saturated heterocycles. The fourth-order valence-corrected chi connectivity index (χ4v) is 3.83. The van der Waals surface area contributed by atoms with E-state index in [1.807, 2.05) is 32.0 Å². The van der Waals surface area contributed by atoms with Crippen LogP contribution in [-0.4, -0.2) is 29.2 Å². The maximum absolute atomic E-state index is 12.4. The Labute approximate surface area is 142 Å². The standard InChI is InChI=1S/C19H24N2O3/c1-12-7-8-16(13(2)11-12)20-17(22)9-10-21-18(23)14-5-3-4-6-15(14)19(21)24/h7-8,11,14-15H,3-6,9-10H2,1-2H3,(H,20,22). The number of carbonyl (C=O) groups is 3. The van der Waals surface area contributed by atoms with Gasteiger partial charge in [0.25, 0.3) is 0 Å². The molecule has 1 aromatic carbocycles. The van der Waals surface area contributed by atoms with Crippen LogP contribution in [0.1, 0.15) is 43.2 Å². The average Bonchev–Trinajstić information content (AvgIpc) is 2.80. The molecule has 0 spiro atoms. The number of imide groups is 1. The number of likely N-dealkylation sites (tertiary alicyclic amines) is 1. The highest BCUT2D eigenvalue weighted by molar-refractivity contribution is 6.05. The molecule has 24 heavy (non-hydrogen) atoms. The number of nitrogens with one attached hydrogen (secondary N) is 1. The summed E-state index contributed by atoms with van der Waals surface area (Å²) < 4.78 is 0. The zero-order valence-corrected chi connectivity index (χ0v) is 14.3. The van der Waals surface area contributed by atoms with E-state index >= 15 is 0 Å². The van der Waals surface area contributed by atoms with Crippen LogP contribution < -0.4 is 5.32 Å². The van der Waals surface area contributed by atoms with Crippen molar-refractivity contribution in [2.45, 2.75) is 46.0 Å². The summed E-state index contributed by atoms with van der Waals surface area (Å²) >= 11 is 0. The molecule has 1 aliphatic carbocycles. The monoisotopic (exact) mass is 328 g/mol. The van der Waals surface area contributed by atoms with E-state index in [4.69, 9.17) is 0 Å². The molecule has 0 aromatic heterocycles. The highest BCUT2D eigenvalue weighted by Crippen LogP contribution is 2.37. The molecule has 3 rings (SSSR count). The summed E-state index contributed by atoms with van der Waals surface area (Å²) in [4.78, 5) is 38.3. The lowest BCUT2D eigenvalue weighted by Crippen LogP contribution is -2.34. The van der Waals surface area contributed by atoms with Crippen LogP contribution in [0, 0.1) is 25.7 Å². The Bertz CT molecular complexity index is 659. The van der Waals surface area contributed by atoms with Gasteiger partial charge >= 0.3 is 0 Å².